The average molecular weight is 278 g/mol. The van der Waals surface area contributed by atoms with Crippen LogP contribution < -0.4 is 10.1 Å². The first-order chi connectivity index (χ1) is 9.60. The van der Waals surface area contributed by atoms with Gasteiger partial charge in [0, 0.05) is 23.9 Å². The molecule has 1 aliphatic rings. The van der Waals surface area contributed by atoms with Crippen molar-refractivity contribution >= 4 is 11.4 Å². The Morgan fingerprint density at radius 1 is 1.45 bits per heavy atom. The lowest BCUT2D eigenvalue weighted by Crippen LogP contribution is -2.15. The van der Waals surface area contributed by atoms with Crippen molar-refractivity contribution in [2.24, 2.45) is 5.92 Å². The summed E-state index contributed by atoms with van der Waals surface area (Å²) in [4.78, 5) is 10.6. The Kier molecular flexibility index (Phi) is 4.82. The van der Waals surface area contributed by atoms with Crippen molar-refractivity contribution in [3.8, 4) is 5.75 Å². The Balaban J connectivity index is 2.11. The van der Waals surface area contributed by atoms with Gasteiger partial charge < -0.3 is 10.1 Å². The van der Waals surface area contributed by atoms with E-state index < -0.39 is 4.92 Å². The van der Waals surface area contributed by atoms with Gasteiger partial charge in [0.2, 0.25) is 0 Å². The number of anilines is 1. The zero-order chi connectivity index (χ0) is 14.5. The van der Waals surface area contributed by atoms with Gasteiger partial charge in [-0.3, -0.25) is 10.1 Å². The third-order valence-corrected chi connectivity index (χ3v) is 3.68. The minimum Gasteiger partial charge on any atom is -0.487 e. The first-order valence-electron chi connectivity index (χ1n) is 7.28. The van der Waals surface area contributed by atoms with E-state index >= 15 is 0 Å². The third kappa shape index (κ3) is 3.62. The summed E-state index contributed by atoms with van der Waals surface area (Å²) in [6.07, 6.45) is 4.38. The number of nitro benzene ring substituents is 1. The molecular formula is C15H22N2O3. The molecule has 0 amide bonds. The van der Waals surface area contributed by atoms with E-state index in [1.807, 2.05) is 6.92 Å². The summed E-state index contributed by atoms with van der Waals surface area (Å²) >= 11 is 0. The molecule has 1 fully saturated rings. The first kappa shape index (κ1) is 14.6. The zero-order valence-electron chi connectivity index (χ0n) is 12.1. The van der Waals surface area contributed by atoms with Gasteiger partial charge in [0.25, 0.3) is 0 Å². The summed E-state index contributed by atoms with van der Waals surface area (Å²) in [7, 11) is 0. The van der Waals surface area contributed by atoms with Crippen molar-refractivity contribution in [3.05, 3.63) is 28.3 Å². The molecule has 0 radical (unpaired) electrons. The van der Waals surface area contributed by atoms with Gasteiger partial charge in [0.05, 0.1) is 11.5 Å². The number of ether oxygens (including phenoxy) is 1. The Hall–Kier alpha value is -1.78. The number of hydrogen-bond acceptors (Lipinski definition) is 4. The molecule has 110 valence electrons. The molecule has 0 bridgehead atoms. The van der Waals surface area contributed by atoms with E-state index in [1.54, 1.807) is 12.1 Å². The van der Waals surface area contributed by atoms with Crippen LogP contribution >= 0.6 is 0 Å². The minimum absolute atomic E-state index is 0.0313. The van der Waals surface area contributed by atoms with Gasteiger partial charge in [0.15, 0.2) is 5.75 Å². The topological polar surface area (TPSA) is 64.4 Å². The second-order valence-electron chi connectivity index (χ2n) is 5.55. The summed E-state index contributed by atoms with van der Waals surface area (Å²) in [6, 6.07) is 5.49. The molecule has 1 aromatic carbocycles. The molecule has 5 heteroatoms. The van der Waals surface area contributed by atoms with Crippen molar-refractivity contribution < 1.29 is 9.66 Å². The number of nitrogens with zero attached hydrogens (tertiary/aromatic N) is 1. The van der Waals surface area contributed by atoms with Gasteiger partial charge in [-0.1, -0.05) is 13.8 Å². The van der Waals surface area contributed by atoms with Crippen molar-refractivity contribution in [2.75, 3.05) is 11.9 Å². The fourth-order valence-electron chi connectivity index (χ4n) is 2.66. The molecule has 2 rings (SSSR count). The predicted molar refractivity (Wildman–Crippen MR) is 79.3 cm³/mol. The van der Waals surface area contributed by atoms with Crippen LogP contribution in [0.1, 0.15) is 39.5 Å². The largest absolute Gasteiger partial charge is 0.487 e. The molecule has 2 unspecified atom stereocenters. The van der Waals surface area contributed by atoms with Crippen LogP contribution in [0.15, 0.2) is 18.2 Å². The Bertz CT molecular complexity index is 476. The molecule has 2 atom stereocenters. The second kappa shape index (κ2) is 6.59. The maximum Gasteiger partial charge on any atom is 0.311 e. The van der Waals surface area contributed by atoms with Gasteiger partial charge in [-0.15, -0.1) is 0 Å². The lowest BCUT2D eigenvalue weighted by molar-refractivity contribution is -0.385. The zero-order valence-corrected chi connectivity index (χ0v) is 12.1. The second-order valence-corrected chi connectivity index (χ2v) is 5.55. The van der Waals surface area contributed by atoms with Crippen LogP contribution in [-0.4, -0.2) is 17.6 Å². The molecule has 0 aliphatic heterocycles. The van der Waals surface area contributed by atoms with E-state index in [-0.39, 0.29) is 5.69 Å². The highest BCUT2D eigenvalue weighted by Crippen LogP contribution is 2.33. The number of hydrogen-bond donors (Lipinski definition) is 1. The molecule has 0 heterocycles. The highest BCUT2D eigenvalue weighted by Gasteiger charge is 2.22. The van der Waals surface area contributed by atoms with E-state index in [0.717, 1.165) is 30.9 Å². The van der Waals surface area contributed by atoms with Gasteiger partial charge in [-0.05, 0) is 37.7 Å². The van der Waals surface area contributed by atoms with Gasteiger partial charge in [-0.25, -0.2) is 0 Å². The fraction of sp³-hybridized carbons (Fsp3) is 0.600. The van der Waals surface area contributed by atoms with Crippen molar-refractivity contribution in [3.63, 3.8) is 0 Å². The highest BCUT2D eigenvalue weighted by molar-refractivity contribution is 5.58. The number of rotatable bonds is 6. The molecule has 0 spiro atoms. The monoisotopic (exact) mass is 278 g/mol. The minimum atomic E-state index is -0.396. The molecular weight excluding hydrogens is 256 g/mol. The molecule has 5 nitrogen and oxygen atoms in total. The molecule has 1 saturated carbocycles. The third-order valence-electron chi connectivity index (χ3n) is 3.68. The summed E-state index contributed by atoms with van der Waals surface area (Å²) in [5.74, 6) is 1.11. The lowest BCUT2D eigenvalue weighted by atomic mass is 10.1. The van der Waals surface area contributed by atoms with Crippen molar-refractivity contribution in [1.82, 2.24) is 0 Å². The smallest absolute Gasteiger partial charge is 0.311 e. The fourth-order valence-corrected chi connectivity index (χ4v) is 2.66. The van der Waals surface area contributed by atoms with Crippen molar-refractivity contribution in [1.29, 1.82) is 0 Å². The predicted octanol–water partition coefficient (Wildman–Crippen LogP) is 3.98. The van der Waals surface area contributed by atoms with E-state index in [9.17, 15) is 10.1 Å². The maximum atomic E-state index is 11.0. The normalized spacial score (nSPS) is 21.7. The number of nitrogens with one attached hydrogen (secondary N) is 1. The summed E-state index contributed by atoms with van der Waals surface area (Å²) in [5.41, 5.74) is 0.935. The number of nitro groups is 1. The first-order valence-corrected chi connectivity index (χ1v) is 7.28. The summed E-state index contributed by atoms with van der Waals surface area (Å²) < 4.78 is 5.49. The number of benzene rings is 1. The Labute approximate surface area is 119 Å². The van der Waals surface area contributed by atoms with E-state index in [4.69, 9.17) is 4.74 Å². The Morgan fingerprint density at radius 3 is 2.85 bits per heavy atom. The van der Waals surface area contributed by atoms with Crippen LogP contribution in [0.2, 0.25) is 0 Å². The molecule has 0 saturated heterocycles. The standard InChI is InChI=1S/C15H22N2O3/c1-3-8-20-15-10-13(6-7-14(15)17(18)19)16-12-5-4-11(2)9-12/h6-7,10-12,16H,3-5,8-9H2,1-2H3. The van der Waals surface area contributed by atoms with Crippen LogP contribution in [-0.2, 0) is 0 Å². The summed E-state index contributed by atoms with van der Waals surface area (Å²) in [6.45, 7) is 4.73. The van der Waals surface area contributed by atoms with Crippen LogP contribution in [0.5, 0.6) is 5.75 Å². The van der Waals surface area contributed by atoms with E-state index in [2.05, 4.69) is 12.2 Å². The molecule has 1 N–H and O–H groups in total. The van der Waals surface area contributed by atoms with Gasteiger partial charge in [-0.2, -0.15) is 0 Å². The maximum absolute atomic E-state index is 11.0. The van der Waals surface area contributed by atoms with Crippen LogP contribution in [0.25, 0.3) is 0 Å². The van der Waals surface area contributed by atoms with Crippen LogP contribution in [0.4, 0.5) is 11.4 Å². The quantitative estimate of drug-likeness (QED) is 0.631. The van der Waals surface area contributed by atoms with Gasteiger partial charge >= 0.3 is 5.69 Å². The van der Waals surface area contributed by atoms with E-state index in [0.29, 0.717) is 18.4 Å². The van der Waals surface area contributed by atoms with E-state index in [1.165, 1.54) is 12.5 Å². The van der Waals surface area contributed by atoms with Crippen LogP contribution in [0.3, 0.4) is 0 Å². The van der Waals surface area contributed by atoms with Gasteiger partial charge in [0.1, 0.15) is 0 Å². The summed E-state index contributed by atoms with van der Waals surface area (Å²) in [5, 5.41) is 14.4. The van der Waals surface area contributed by atoms with Crippen molar-refractivity contribution in [2.45, 2.75) is 45.6 Å². The van der Waals surface area contributed by atoms with Crippen LogP contribution in [0, 0.1) is 16.0 Å². The molecule has 1 aliphatic carbocycles. The Morgan fingerprint density at radius 2 is 2.25 bits per heavy atom. The molecule has 0 aromatic heterocycles. The molecule has 20 heavy (non-hydrogen) atoms. The average Bonchev–Trinajstić information content (AvgIpc) is 2.81. The highest BCUT2D eigenvalue weighted by atomic mass is 16.6. The SMILES string of the molecule is CCCOc1cc(NC2CCC(C)C2)ccc1[N+](=O)[O-]. The molecule has 1 aromatic rings. The lowest BCUT2D eigenvalue weighted by Gasteiger charge is -2.15.